The summed E-state index contributed by atoms with van der Waals surface area (Å²) in [4.78, 5) is 11.1. The van der Waals surface area contributed by atoms with Crippen LogP contribution in [0.5, 0.6) is 0 Å². The molecule has 0 saturated heterocycles. The van der Waals surface area contributed by atoms with E-state index in [4.69, 9.17) is 22.4 Å². The van der Waals surface area contributed by atoms with Crippen molar-refractivity contribution in [1.82, 2.24) is 0 Å². The van der Waals surface area contributed by atoms with Gasteiger partial charge in [-0.3, -0.25) is 4.72 Å². The molecule has 0 fully saturated rings. The molecule has 4 N–H and O–H groups in total. The highest BCUT2D eigenvalue weighted by molar-refractivity contribution is 7.94. The van der Waals surface area contributed by atoms with Gasteiger partial charge in [-0.05, 0) is 30.3 Å². The zero-order chi connectivity index (χ0) is 14.9. The molecule has 9 heteroatoms. The van der Waals surface area contributed by atoms with E-state index in [1.54, 1.807) is 0 Å². The number of hydrogen-bond acceptors (Lipinski definition) is 5. The van der Waals surface area contributed by atoms with Gasteiger partial charge in [-0.15, -0.1) is 11.3 Å². The maximum atomic E-state index is 12.1. The zero-order valence-electron chi connectivity index (χ0n) is 9.83. The quantitative estimate of drug-likeness (QED) is 0.745. The first-order valence-electron chi connectivity index (χ1n) is 5.20. The summed E-state index contributed by atoms with van der Waals surface area (Å²) >= 11 is 6.56. The van der Waals surface area contributed by atoms with E-state index in [1.165, 1.54) is 30.3 Å². The van der Waals surface area contributed by atoms with Crippen LogP contribution in [0.2, 0.25) is 4.34 Å². The third kappa shape index (κ3) is 3.03. The van der Waals surface area contributed by atoms with Crippen molar-refractivity contribution >= 4 is 50.3 Å². The van der Waals surface area contributed by atoms with Crippen molar-refractivity contribution in [3.63, 3.8) is 0 Å². The summed E-state index contributed by atoms with van der Waals surface area (Å²) in [6.07, 6.45) is 0. The van der Waals surface area contributed by atoms with Gasteiger partial charge >= 0.3 is 5.97 Å². The lowest BCUT2D eigenvalue weighted by Crippen LogP contribution is -2.14. The number of thiophene rings is 1. The molecular formula is C11H9ClN2O4S2. The monoisotopic (exact) mass is 332 g/mol. The Bertz CT molecular complexity index is 770. The molecule has 2 aromatic rings. The predicted molar refractivity (Wildman–Crippen MR) is 78.0 cm³/mol. The molecule has 0 unspecified atom stereocenters. The molecule has 1 heterocycles. The third-order valence-corrected chi connectivity index (χ3v) is 5.42. The predicted octanol–water partition coefficient (Wildman–Crippen LogP) is 2.48. The highest BCUT2D eigenvalue weighted by Gasteiger charge is 2.20. The largest absolute Gasteiger partial charge is 0.478 e. The first-order valence-corrected chi connectivity index (χ1v) is 7.88. The van der Waals surface area contributed by atoms with E-state index < -0.39 is 16.0 Å². The number of carboxylic acid groups (broad SMARTS) is 1. The lowest BCUT2D eigenvalue weighted by atomic mass is 10.1. The average Bonchev–Trinajstić information content (AvgIpc) is 2.78. The Morgan fingerprint density at radius 2 is 2.00 bits per heavy atom. The van der Waals surface area contributed by atoms with Crippen LogP contribution < -0.4 is 10.5 Å². The van der Waals surface area contributed by atoms with E-state index in [1.807, 2.05) is 0 Å². The first kappa shape index (κ1) is 14.6. The number of hydrogen-bond donors (Lipinski definition) is 3. The standard InChI is InChI=1S/C11H9ClN2O4S2/c12-9-3-4-10(19-9)20(17,18)14-8-2-1-6(13)5-7(8)11(15)16/h1-5,14H,13H2,(H,15,16). The molecule has 0 spiro atoms. The number of benzene rings is 1. The molecule has 106 valence electrons. The van der Waals surface area contributed by atoms with Crippen molar-refractivity contribution in [1.29, 1.82) is 0 Å². The third-order valence-electron chi connectivity index (χ3n) is 2.33. The summed E-state index contributed by atoms with van der Waals surface area (Å²) in [5.41, 5.74) is 5.43. The van der Waals surface area contributed by atoms with Crippen molar-refractivity contribution < 1.29 is 18.3 Å². The second-order valence-electron chi connectivity index (χ2n) is 3.77. The highest BCUT2D eigenvalue weighted by atomic mass is 35.5. The summed E-state index contributed by atoms with van der Waals surface area (Å²) in [7, 11) is -3.88. The molecule has 1 aromatic carbocycles. The Balaban J connectivity index is 2.42. The number of carbonyl (C=O) groups is 1. The minimum atomic E-state index is -3.88. The number of nitrogens with two attached hydrogens (primary N) is 1. The van der Waals surface area contributed by atoms with Crippen LogP contribution >= 0.6 is 22.9 Å². The van der Waals surface area contributed by atoms with Crippen LogP contribution in [-0.2, 0) is 10.0 Å². The fraction of sp³-hybridized carbons (Fsp3) is 0. The summed E-state index contributed by atoms with van der Waals surface area (Å²) in [5, 5.41) is 9.05. The Labute approximate surface area is 123 Å². The Morgan fingerprint density at radius 3 is 2.55 bits per heavy atom. The smallest absolute Gasteiger partial charge is 0.337 e. The molecule has 0 atom stereocenters. The molecule has 2 rings (SSSR count). The van der Waals surface area contributed by atoms with E-state index in [0.717, 1.165) is 11.3 Å². The Kier molecular flexibility index (Phi) is 3.89. The van der Waals surface area contributed by atoms with E-state index in [9.17, 15) is 13.2 Å². The molecule has 0 aliphatic rings. The number of rotatable bonds is 4. The van der Waals surface area contributed by atoms with Crippen LogP contribution in [0.1, 0.15) is 10.4 Å². The number of carboxylic acids is 1. The SMILES string of the molecule is Nc1ccc(NS(=O)(=O)c2ccc(Cl)s2)c(C(=O)O)c1. The van der Waals surface area contributed by atoms with Gasteiger partial charge in [0.2, 0.25) is 0 Å². The van der Waals surface area contributed by atoms with Crippen LogP contribution in [0.4, 0.5) is 11.4 Å². The number of sulfonamides is 1. The van der Waals surface area contributed by atoms with E-state index in [-0.39, 0.29) is 21.1 Å². The van der Waals surface area contributed by atoms with Gasteiger partial charge in [-0.1, -0.05) is 11.6 Å². The first-order chi connectivity index (χ1) is 9.29. The molecule has 0 amide bonds. The van der Waals surface area contributed by atoms with Crippen LogP contribution in [0.3, 0.4) is 0 Å². The number of halogens is 1. The molecule has 0 bridgehead atoms. The molecule has 0 radical (unpaired) electrons. The Morgan fingerprint density at radius 1 is 1.30 bits per heavy atom. The molecule has 6 nitrogen and oxygen atoms in total. The fourth-order valence-corrected chi connectivity index (χ4v) is 4.03. The van der Waals surface area contributed by atoms with Gasteiger partial charge in [-0.25, -0.2) is 13.2 Å². The van der Waals surface area contributed by atoms with Gasteiger partial charge < -0.3 is 10.8 Å². The lowest BCUT2D eigenvalue weighted by Gasteiger charge is -2.09. The topological polar surface area (TPSA) is 109 Å². The van der Waals surface area contributed by atoms with Crippen LogP contribution in [0, 0.1) is 0 Å². The number of nitrogen functional groups attached to an aromatic ring is 1. The van der Waals surface area contributed by atoms with Gasteiger partial charge in [0.15, 0.2) is 0 Å². The van der Waals surface area contributed by atoms with E-state index >= 15 is 0 Å². The Hall–Kier alpha value is -1.77. The lowest BCUT2D eigenvalue weighted by molar-refractivity contribution is 0.0698. The second-order valence-corrected chi connectivity index (χ2v) is 7.40. The average molecular weight is 333 g/mol. The molecule has 0 saturated carbocycles. The summed E-state index contributed by atoms with van der Waals surface area (Å²) in [6.45, 7) is 0. The normalized spacial score (nSPS) is 11.2. The fourth-order valence-electron chi connectivity index (χ4n) is 1.46. The van der Waals surface area contributed by atoms with Gasteiger partial charge in [0, 0.05) is 5.69 Å². The summed E-state index contributed by atoms with van der Waals surface area (Å²) in [6, 6.07) is 6.67. The van der Waals surface area contributed by atoms with Crippen molar-refractivity contribution in [2.75, 3.05) is 10.5 Å². The summed E-state index contributed by atoms with van der Waals surface area (Å²) in [5.74, 6) is -1.28. The van der Waals surface area contributed by atoms with Gasteiger partial charge in [0.05, 0.1) is 15.6 Å². The van der Waals surface area contributed by atoms with Crippen molar-refractivity contribution in [3.05, 3.63) is 40.2 Å². The zero-order valence-corrected chi connectivity index (χ0v) is 12.2. The number of nitrogens with one attached hydrogen (secondary N) is 1. The van der Waals surface area contributed by atoms with Gasteiger partial charge in [-0.2, -0.15) is 0 Å². The van der Waals surface area contributed by atoms with Crippen LogP contribution in [-0.4, -0.2) is 19.5 Å². The highest BCUT2D eigenvalue weighted by Crippen LogP contribution is 2.28. The minimum absolute atomic E-state index is 0.00402. The summed E-state index contributed by atoms with van der Waals surface area (Å²) < 4.78 is 26.7. The molecule has 20 heavy (non-hydrogen) atoms. The van der Waals surface area contributed by atoms with Crippen molar-refractivity contribution in [2.45, 2.75) is 4.21 Å². The van der Waals surface area contributed by atoms with Crippen molar-refractivity contribution in [2.24, 2.45) is 0 Å². The molecule has 1 aromatic heterocycles. The van der Waals surface area contributed by atoms with Crippen molar-refractivity contribution in [3.8, 4) is 0 Å². The van der Waals surface area contributed by atoms with E-state index in [0.29, 0.717) is 4.34 Å². The van der Waals surface area contributed by atoms with Crippen LogP contribution in [0.15, 0.2) is 34.5 Å². The van der Waals surface area contributed by atoms with Gasteiger partial charge in [0.25, 0.3) is 10.0 Å². The minimum Gasteiger partial charge on any atom is -0.478 e. The number of anilines is 2. The molecule has 0 aliphatic carbocycles. The molecule has 0 aliphatic heterocycles. The van der Waals surface area contributed by atoms with Gasteiger partial charge in [0.1, 0.15) is 4.21 Å². The molecular weight excluding hydrogens is 324 g/mol. The van der Waals surface area contributed by atoms with Crippen LogP contribution in [0.25, 0.3) is 0 Å². The maximum Gasteiger partial charge on any atom is 0.337 e. The number of aromatic carboxylic acids is 1. The second kappa shape index (κ2) is 5.31. The maximum absolute atomic E-state index is 12.1. The van der Waals surface area contributed by atoms with E-state index in [2.05, 4.69) is 4.72 Å².